The number of halogens is 2. The smallest absolute Gasteiger partial charge is 0.186 e. The maximum absolute atomic E-state index is 13.5. The van der Waals surface area contributed by atoms with Gasteiger partial charge < -0.3 is 10.7 Å². The number of fused-ring (bicyclic) bond motifs is 1. The standard InChI is InChI=1S/C15H13F2N3/c16-11-6-7-12-15(14(11)17)20-13(19-12)8-3-9-1-4-10(18)5-2-9/h1-2,4-7H,3,8,18H2,(H,19,20). The van der Waals surface area contributed by atoms with Crippen LogP contribution in [0.25, 0.3) is 11.0 Å². The van der Waals surface area contributed by atoms with E-state index in [2.05, 4.69) is 9.97 Å². The highest BCUT2D eigenvalue weighted by molar-refractivity contribution is 5.75. The third-order valence-corrected chi connectivity index (χ3v) is 3.22. The van der Waals surface area contributed by atoms with Crippen LogP contribution in [-0.4, -0.2) is 9.97 Å². The quantitative estimate of drug-likeness (QED) is 0.720. The molecule has 0 spiro atoms. The van der Waals surface area contributed by atoms with Gasteiger partial charge in [0.2, 0.25) is 0 Å². The number of H-pyrrole nitrogens is 1. The number of hydrogen-bond donors (Lipinski definition) is 2. The van der Waals surface area contributed by atoms with E-state index >= 15 is 0 Å². The maximum Gasteiger partial charge on any atom is 0.186 e. The van der Waals surface area contributed by atoms with E-state index in [0.717, 1.165) is 23.7 Å². The average Bonchev–Trinajstić information content (AvgIpc) is 2.86. The molecule has 0 unspecified atom stereocenters. The number of rotatable bonds is 3. The first kappa shape index (κ1) is 12.6. The van der Waals surface area contributed by atoms with Gasteiger partial charge in [-0.1, -0.05) is 12.1 Å². The second-order valence-electron chi connectivity index (χ2n) is 4.68. The molecule has 2 aromatic carbocycles. The van der Waals surface area contributed by atoms with Gasteiger partial charge in [0.25, 0.3) is 0 Å². The molecule has 0 radical (unpaired) electrons. The Labute approximate surface area is 114 Å². The molecule has 3 N–H and O–H groups in total. The summed E-state index contributed by atoms with van der Waals surface area (Å²) < 4.78 is 26.7. The van der Waals surface area contributed by atoms with Crippen molar-refractivity contribution in [2.24, 2.45) is 0 Å². The molecule has 3 aromatic rings. The minimum Gasteiger partial charge on any atom is -0.399 e. The first-order chi connectivity index (χ1) is 9.63. The molecule has 0 aliphatic heterocycles. The Morgan fingerprint density at radius 1 is 1.00 bits per heavy atom. The lowest BCUT2D eigenvalue weighted by atomic mass is 10.1. The number of benzene rings is 2. The van der Waals surface area contributed by atoms with E-state index in [1.165, 1.54) is 6.07 Å². The van der Waals surface area contributed by atoms with Gasteiger partial charge in [-0.15, -0.1) is 0 Å². The molecule has 3 nitrogen and oxygen atoms in total. The predicted octanol–water partition coefficient (Wildman–Crippen LogP) is 3.21. The average molecular weight is 273 g/mol. The van der Waals surface area contributed by atoms with Gasteiger partial charge >= 0.3 is 0 Å². The van der Waals surface area contributed by atoms with E-state index in [1.54, 1.807) is 0 Å². The second-order valence-corrected chi connectivity index (χ2v) is 4.68. The predicted molar refractivity (Wildman–Crippen MR) is 74.3 cm³/mol. The van der Waals surface area contributed by atoms with Crippen molar-refractivity contribution >= 4 is 16.7 Å². The lowest BCUT2D eigenvalue weighted by Gasteiger charge is -1.99. The number of aromatic nitrogens is 2. The van der Waals surface area contributed by atoms with Crippen molar-refractivity contribution < 1.29 is 8.78 Å². The van der Waals surface area contributed by atoms with Crippen LogP contribution in [0.2, 0.25) is 0 Å². The van der Waals surface area contributed by atoms with Crippen LogP contribution in [0, 0.1) is 11.6 Å². The van der Waals surface area contributed by atoms with Gasteiger partial charge in [0.15, 0.2) is 11.6 Å². The molecule has 0 saturated heterocycles. The summed E-state index contributed by atoms with van der Waals surface area (Å²) in [4.78, 5) is 7.11. The molecule has 3 rings (SSSR count). The first-order valence-electron chi connectivity index (χ1n) is 6.30. The fourth-order valence-corrected chi connectivity index (χ4v) is 2.13. The number of imidazole rings is 1. The van der Waals surface area contributed by atoms with Crippen LogP contribution in [0.3, 0.4) is 0 Å². The van der Waals surface area contributed by atoms with Crippen molar-refractivity contribution in [1.29, 1.82) is 0 Å². The third-order valence-electron chi connectivity index (χ3n) is 3.22. The van der Waals surface area contributed by atoms with Crippen molar-refractivity contribution in [3.63, 3.8) is 0 Å². The van der Waals surface area contributed by atoms with Crippen LogP contribution < -0.4 is 5.73 Å². The second kappa shape index (κ2) is 4.92. The molecule has 0 saturated carbocycles. The number of hydrogen-bond acceptors (Lipinski definition) is 2. The summed E-state index contributed by atoms with van der Waals surface area (Å²) >= 11 is 0. The highest BCUT2D eigenvalue weighted by atomic mass is 19.2. The molecule has 102 valence electrons. The Balaban J connectivity index is 1.81. The normalized spacial score (nSPS) is 11.1. The molecule has 5 heteroatoms. The van der Waals surface area contributed by atoms with E-state index in [4.69, 9.17) is 5.73 Å². The van der Waals surface area contributed by atoms with Crippen molar-refractivity contribution in [3.05, 3.63) is 59.4 Å². The molecular formula is C15H13F2N3. The fourth-order valence-electron chi connectivity index (χ4n) is 2.13. The zero-order valence-corrected chi connectivity index (χ0v) is 10.7. The molecule has 0 amide bonds. The molecule has 1 aromatic heterocycles. The molecular weight excluding hydrogens is 260 g/mol. The van der Waals surface area contributed by atoms with Crippen LogP contribution in [0.15, 0.2) is 36.4 Å². The summed E-state index contributed by atoms with van der Waals surface area (Å²) in [5, 5.41) is 0. The zero-order valence-electron chi connectivity index (χ0n) is 10.7. The van der Waals surface area contributed by atoms with Crippen molar-refractivity contribution in [3.8, 4) is 0 Å². The number of anilines is 1. The van der Waals surface area contributed by atoms with Crippen LogP contribution in [0.4, 0.5) is 14.5 Å². The summed E-state index contributed by atoms with van der Waals surface area (Å²) in [6, 6.07) is 10.1. The van der Waals surface area contributed by atoms with Gasteiger partial charge in [-0.3, -0.25) is 0 Å². The number of nitrogens with two attached hydrogens (primary N) is 1. The van der Waals surface area contributed by atoms with E-state index < -0.39 is 11.6 Å². The Hall–Kier alpha value is -2.43. The van der Waals surface area contributed by atoms with E-state index in [1.807, 2.05) is 24.3 Å². The van der Waals surface area contributed by atoms with Crippen LogP contribution in [0.5, 0.6) is 0 Å². The summed E-state index contributed by atoms with van der Waals surface area (Å²) in [5.74, 6) is -1.15. The van der Waals surface area contributed by atoms with Crippen molar-refractivity contribution in [2.75, 3.05) is 5.73 Å². The molecule has 0 fully saturated rings. The van der Waals surface area contributed by atoms with Gasteiger partial charge in [-0.05, 0) is 36.2 Å². The lowest BCUT2D eigenvalue weighted by molar-refractivity contribution is 0.515. The van der Waals surface area contributed by atoms with Gasteiger partial charge in [0.1, 0.15) is 11.3 Å². The van der Waals surface area contributed by atoms with Crippen molar-refractivity contribution in [1.82, 2.24) is 9.97 Å². The SMILES string of the molecule is Nc1ccc(CCc2nc3c(F)c(F)ccc3[nH]2)cc1. The molecule has 20 heavy (non-hydrogen) atoms. The van der Waals surface area contributed by atoms with Gasteiger partial charge in [-0.2, -0.15) is 0 Å². The van der Waals surface area contributed by atoms with Crippen LogP contribution in [-0.2, 0) is 12.8 Å². The minimum atomic E-state index is -0.905. The number of nitrogen functional groups attached to an aromatic ring is 1. The highest BCUT2D eigenvalue weighted by Gasteiger charge is 2.11. The summed E-state index contributed by atoms with van der Waals surface area (Å²) in [7, 11) is 0. The number of aryl methyl sites for hydroxylation is 2. The molecule has 0 bridgehead atoms. The Morgan fingerprint density at radius 2 is 1.75 bits per heavy atom. The largest absolute Gasteiger partial charge is 0.399 e. The van der Waals surface area contributed by atoms with Gasteiger partial charge in [-0.25, -0.2) is 13.8 Å². The first-order valence-corrected chi connectivity index (χ1v) is 6.30. The maximum atomic E-state index is 13.5. The summed E-state index contributed by atoms with van der Waals surface area (Å²) in [6.45, 7) is 0. The van der Waals surface area contributed by atoms with E-state index in [-0.39, 0.29) is 5.52 Å². The van der Waals surface area contributed by atoms with Crippen molar-refractivity contribution in [2.45, 2.75) is 12.8 Å². The number of aromatic amines is 1. The lowest BCUT2D eigenvalue weighted by Crippen LogP contribution is -1.94. The Morgan fingerprint density at radius 3 is 2.50 bits per heavy atom. The van der Waals surface area contributed by atoms with Gasteiger partial charge in [0, 0.05) is 12.1 Å². The zero-order chi connectivity index (χ0) is 14.1. The third kappa shape index (κ3) is 2.34. The Bertz CT molecular complexity index is 748. The summed E-state index contributed by atoms with van der Waals surface area (Å²) in [5.41, 5.74) is 8.02. The fraction of sp³-hybridized carbons (Fsp3) is 0.133. The number of nitrogens with zero attached hydrogens (tertiary/aromatic N) is 1. The van der Waals surface area contributed by atoms with Crippen LogP contribution in [0.1, 0.15) is 11.4 Å². The van der Waals surface area contributed by atoms with E-state index in [0.29, 0.717) is 17.8 Å². The molecule has 0 aliphatic rings. The van der Waals surface area contributed by atoms with Crippen LogP contribution >= 0.6 is 0 Å². The topological polar surface area (TPSA) is 54.7 Å². The molecule has 1 heterocycles. The number of nitrogens with one attached hydrogen (secondary N) is 1. The summed E-state index contributed by atoms with van der Waals surface area (Å²) in [6.07, 6.45) is 1.38. The molecule has 0 atom stereocenters. The monoisotopic (exact) mass is 273 g/mol. The van der Waals surface area contributed by atoms with Gasteiger partial charge in [0.05, 0.1) is 5.52 Å². The highest BCUT2D eigenvalue weighted by Crippen LogP contribution is 2.19. The minimum absolute atomic E-state index is 0.0531. The Kier molecular flexibility index (Phi) is 3.10. The van der Waals surface area contributed by atoms with E-state index in [9.17, 15) is 8.78 Å². The molecule has 0 aliphatic carbocycles.